The number of rotatable bonds is 6. The minimum atomic E-state index is 0.0968. The molecule has 0 bridgehead atoms. The van der Waals surface area contributed by atoms with Crippen LogP contribution in [0.15, 0.2) is 30.3 Å². The van der Waals surface area contributed by atoms with Crippen LogP contribution in [0.3, 0.4) is 0 Å². The number of carbonyl (C=O) groups is 2. The second kappa shape index (κ2) is 7.56. The standard InChI is InChI=1S/C20H29N3O2/c1-22(2)19(25)16-8-12-23(13-9-16)14-18(24)21-15-20(10-11-20)17-6-4-3-5-7-17/h3-7,16H,8-15H2,1-2H3,(H,21,24). The van der Waals surface area contributed by atoms with Crippen LogP contribution in [0.2, 0.25) is 0 Å². The van der Waals surface area contributed by atoms with Crippen molar-refractivity contribution in [3.8, 4) is 0 Å². The highest BCUT2D eigenvalue weighted by Crippen LogP contribution is 2.47. The summed E-state index contributed by atoms with van der Waals surface area (Å²) >= 11 is 0. The van der Waals surface area contributed by atoms with E-state index in [1.54, 1.807) is 4.90 Å². The third kappa shape index (κ3) is 4.40. The molecule has 3 rings (SSSR count). The van der Waals surface area contributed by atoms with Crippen LogP contribution in [0.25, 0.3) is 0 Å². The van der Waals surface area contributed by atoms with E-state index in [4.69, 9.17) is 0 Å². The summed E-state index contributed by atoms with van der Waals surface area (Å²) in [6.07, 6.45) is 3.99. The van der Waals surface area contributed by atoms with Crippen LogP contribution in [0, 0.1) is 5.92 Å². The van der Waals surface area contributed by atoms with E-state index in [9.17, 15) is 9.59 Å². The number of benzene rings is 1. The minimum absolute atomic E-state index is 0.0968. The molecule has 2 amide bonds. The maximum Gasteiger partial charge on any atom is 0.234 e. The molecular weight excluding hydrogens is 314 g/mol. The molecule has 136 valence electrons. The van der Waals surface area contributed by atoms with Crippen LogP contribution < -0.4 is 5.32 Å². The first-order valence-electron chi connectivity index (χ1n) is 9.26. The topological polar surface area (TPSA) is 52.7 Å². The molecule has 1 saturated carbocycles. The van der Waals surface area contributed by atoms with Crippen molar-refractivity contribution in [2.24, 2.45) is 5.92 Å². The molecule has 1 aliphatic heterocycles. The highest BCUT2D eigenvalue weighted by Gasteiger charge is 2.44. The van der Waals surface area contributed by atoms with E-state index in [1.165, 1.54) is 5.56 Å². The van der Waals surface area contributed by atoms with Gasteiger partial charge in [-0.2, -0.15) is 0 Å². The molecule has 1 aliphatic carbocycles. The number of hydrogen-bond acceptors (Lipinski definition) is 3. The number of amides is 2. The van der Waals surface area contributed by atoms with Crippen molar-refractivity contribution in [3.63, 3.8) is 0 Å². The zero-order valence-corrected chi connectivity index (χ0v) is 15.3. The summed E-state index contributed by atoms with van der Waals surface area (Å²) in [5, 5.41) is 3.13. The van der Waals surface area contributed by atoms with Gasteiger partial charge in [0.25, 0.3) is 0 Å². The zero-order chi connectivity index (χ0) is 17.9. The fraction of sp³-hybridized carbons (Fsp3) is 0.600. The van der Waals surface area contributed by atoms with Gasteiger partial charge in [-0.3, -0.25) is 14.5 Å². The summed E-state index contributed by atoms with van der Waals surface area (Å²) in [4.78, 5) is 28.2. The number of nitrogens with zero attached hydrogens (tertiary/aromatic N) is 2. The van der Waals surface area contributed by atoms with Gasteiger partial charge in [0.05, 0.1) is 6.54 Å². The lowest BCUT2D eigenvalue weighted by atomic mass is 9.95. The third-order valence-corrected chi connectivity index (χ3v) is 5.61. The molecule has 2 aliphatic rings. The Labute approximate surface area is 150 Å². The number of likely N-dealkylation sites (tertiary alicyclic amines) is 1. The molecule has 5 nitrogen and oxygen atoms in total. The highest BCUT2D eigenvalue weighted by molar-refractivity contribution is 5.79. The van der Waals surface area contributed by atoms with Crippen LogP contribution in [-0.2, 0) is 15.0 Å². The minimum Gasteiger partial charge on any atom is -0.354 e. The van der Waals surface area contributed by atoms with Gasteiger partial charge < -0.3 is 10.2 Å². The quantitative estimate of drug-likeness (QED) is 0.854. The van der Waals surface area contributed by atoms with E-state index < -0.39 is 0 Å². The Morgan fingerprint density at radius 1 is 1.16 bits per heavy atom. The van der Waals surface area contributed by atoms with E-state index in [-0.39, 0.29) is 23.1 Å². The van der Waals surface area contributed by atoms with Gasteiger partial charge in [0.15, 0.2) is 0 Å². The van der Waals surface area contributed by atoms with Gasteiger partial charge in [-0.05, 0) is 44.3 Å². The van der Waals surface area contributed by atoms with Crippen LogP contribution in [-0.4, -0.2) is 61.9 Å². The SMILES string of the molecule is CN(C)C(=O)C1CCN(CC(=O)NCC2(c3ccccc3)CC2)CC1. The Morgan fingerprint density at radius 2 is 1.80 bits per heavy atom. The average Bonchev–Trinajstić information content (AvgIpc) is 3.42. The Bertz CT molecular complexity index is 603. The number of carbonyl (C=O) groups excluding carboxylic acids is 2. The van der Waals surface area contributed by atoms with E-state index in [0.29, 0.717) is 6.54 Å². The summed E-state index contributed by atoms with van der Waals surface area (Å²) in [5.41, 5.74) is 1.49. The second-order valence-electron chi connectivity index (χ2n) is 7.71. The first-order chi connectivity index (χ1) is 12.0. The molecule has 2 fully saturated rings. The van der Waals surface area contributed by atoms with Crippen molar-refractivity contribution in [2.45, 2.75) is 31.1 Å². The Morgan fingerprint density at radius 3 is 2.36 bits per heavy atom. The Kier molecular flexibility index (Phi) is 5.42. The lowest BCUT2D eigenvalue weighted by molar-refractivity contribution is -0.134. The molecular formula is C20H29N3O2. The molecule has 1 saturated heterocycles. The molecule has 0 unspecified atom stereocenters. The first kappa shape index (κ1) is 17.9. The summed E-state index contributed by atoms with van der Waals surface area (Å²) < 4.78 is 0. The monoisotopic (exact) mass is 343 g/mol. The predicted octanol–water partition coefficient (Wildman–Crippen LogP) is 1.63. The van der Waals surface area contributed by atoms with E-state index >= 15 is 0 Å². The van der Waals surface area contributed by atoms with Gasteiger partial charge in [-0.1, -0.05) is 30.3 Å². The highest BCUT2D eigenvalue weighted by atomic mass is 16.2. The van der Waals surface area contributed by atoms with Crippen molar-refractivity contribution in [1.29, 1.82) is 0 Å². The normalized spacial score (nSPS) is 20.1. The maximum absolute atomic E-state index is 12.3. The summed E-state index contributed by atoms with van der Waals surface area (Å²) in [5.74, 6) is 0.421. The fourth-order valence-electron chi connectivity index (χ4n) is 3.74. The third-order valence-electron chi connectivity index (χ3n) is 5.61. The molecule has 0 atom stereocenters. The van der Waals surface area contributed by atoms with E-state index in [1.807, 2.05) is 20.2 Å². The first-order valence-corrected chi connectivity index (χ1v) is 9.26. The molecule has 5 heteroatoms. The molecule has 1 N–H and O–H groups in total. The number of piperidine rings is 1. The zero-order valence-electron chi connectivity index (χ0n) is 15.3. The summed E-state index contributed by atoms with van der Waals surface area (Å²) in [7, 11) is 3.62. The lowest BCUT2D eigenvalue weighted by Crippen LogP contribution is -2.45. The van der Waals surface area contributed by atoms with E-state index in [0.717, 1.165) is 45.3 Å². The van der Waals surface area contributed by atoms with Gasteiger partial charge in [0.1, 0.15) is 0 Å². The van der Waals surface area contributed by atoms with Crippen molar-refractivity contribution in [1.82, 2.24) is 15.1 Å². The van der Waals surface area contributed by atoms with E-state index in [2.05, 4.69) is 34.5 Å². The molecule has 0 aromatic heterocycles. The maximum atomic E-state index is 12.3. The van der Waals surface area contributed by atoms with Crippen LogP contribution >= 0.6 is 0 Å². The van der Waals surface area contributed by atoms with Crippen molar-refractivity contribution < 1.29 is 9.59 Å². The molecule has 0 spiro atoms. The van der Waals surface area contributed by atoms with Crippen LogP contribution in [0.1, 0.15) is 31.2 Å². The van der Waals surface area contributed by atoms with Crippen molar-refractivity contribution in [2.75, 3.05) is 40.3 Å². The fourth-order valence-corrected chi connectivity index (χ4v) is 3.74. The van der Waals surface area contributed by atoms with Crippen molar-refractivity contribution >= 4 is 11.8 Å². The molecule has 1 aromatic rings. The average molecular weight is 343 g/mol. The predicted molar refractivity (Wildman–Crippen MR) is 98.2 cm³/mol. The summed E-state index contributed by atoms with van der Waals surface area (Å²) in [6.45, 7) is 2.81. The molecule has 1 heterocycles. The van der Waals surface area contributed by atoms with Gasteiger partial charge >= 0.3 is 0 Å². The Hall–Kier alpha value is -1.88. The van der Waals surface area contributed by atoms with Crippen molar-refractivity contribution in [3.05, 3.63) is 35.9 Å². The molecule has 1 aromatic carbocycles. The van der Waals surface area contributed by atoms with Gasteiger partial charge in [0, 0.05) is 32.0 Å². The van der Waals surface area contributed by atoms with Gasteiger partial charge in [0.2, 0.25) is 11.8 Å². The summed E-state index contributed by atoms with van der Waals surface area (Å²) in [6, 6.07) is 10.5. The van der Waals surface area contributed by atoms with Gasteiger partial charge in [-0.25, -0.2) is 0 Å². The largest absolute Gasteiger partial charge is 0.354 e. The molecule has 0 radical (unpaired) electrons. The Balaban J connectivity index is 1.41. The number of hydrogen-bond donors (Lipinski definition) is 1. The van der Waals surface area contributed by atoms with Crippen LogP contribution in [0.4, 0.5) is 0 Å². The second-order valence-corrected chi connectivity index (χ2v) is 7.71. The lowest BCUT2D eigenvalue weighted by Gasteiger charge is -2.32. The van der Waals surface area contributed by atoms with Crippen LogP contribution in [0.5, 0.6) is 0 Å². The van der Waals surface area contributed by atoms with Gasteiger partial charge in [-0.15, -0.1) is 0 Å². The smallest absolute Gasteiger partial charge is 0.234 e. The molecule has 25 heavy (non-hydrogen) atoms. The number of nitrogens with one attached hydrogen (secondary N) is 1.